The van der Waals surface area contributed by atoms with Gasteiger partial charge in [0, 0.05) is 40.5 Å². The first-order chi connectivity index (χ1) is 12.7. The van der Waals surface area contributed by atoms with Gasteiger partial charge in [-0.15, -0.1) is 0 Å². The zero-order valence-electron chi connectivity index (χ0n) is 14.7. The second-order valence-electron chi connectivity index (χ2n) is 5.96. The molecule has 0 amide bonds. The number of hydrogen-bond donors (Lipinski definition) is 1. The number of aliphatic hydroxyl groups excluding tert-OH is 1. The molecule has 134 valence electrons. The molecule has 3 aromatic rings. The van der Waals surface area contributed by atoms with Crippen molar-refractivity contribution in [2.45, 2.75) is 13.3 Å². The number of rotatable bonds is 6. The van der Waals surface area contributed by atoms with Crippen molar-refractivity contribution < 1.29 is 5.11 Å². The minimum absolute atomic E-state index is 0.198. The minimum Gasteiger partial charge on any atom is -0.395 e. The van der Waals surface area contributed by atoms with Crippen molar-refractivity contribution >= 4 is 37.5 Å². The number of aromatic nitrogens is 1. The molecule has 0 aliphatic heterocycles. The van der Waals surface area contributed by atoms with Gasteiger partial charge in [-0.1, -0.05) is 52.9 Å². The summed E-state index contributed by atoms with van der Waals surface area (Å²) in [5.74, 6) is 6.49. The maximum atomic E-state index is 9.02. The Bertz CT molecular complexity index is 925. The zero-order valence-corrected chi connectivity index (χ0v) is 17.1. The van der Waals surface area contributed by atoms with Crippen LogP contribution in [0, 0.1) is 11.8 Å². The van der Waals surface area contributed by atoms with Crippen LogP contribution in [-0.4, -0.2) is 40.6 Å². The van der Waals surface area contributed by atoms with Crippen LogP contribution >= 0.6 is 27.5 Å². The Morgan fingerprint density at radius 2 is 1.96 bits per heavy atom. The van der Waals surface area contributed by atoms with E-state index in [0.717, 1.165) is 45.5 Å². The first-order valence-electron chi connectivity index (χ1n) is 8.68. The molecule has 0 fully saturated rings. The van der Waals surface area contributed by atoms with Crippen LogP contribution < -0.4 is 0 Å². The molecule has 0 radical (unpaired) electrons. The monoisotopic (exact) mass is 428 g/mol. The zero-order chi connectivity index (χ0) is 18.4. The molecule has 0 bridgehead atoms. The molecule has 0 saturated heterocycles. The highest BCUT2D eigenvalue weighted by molar-refractivity contribution is 9.10. The molecule has 0 spiro atoms. The molecule has 0 aliphatic rings. The molecule has 0 atom stereocenters. The van der Waals surface area contributed by atoms with Crippen molar-refractivity contribution in [1.82, 2.24) is 9.27 Å². The molecule has 2 aromatic carbocycles. The lowest BCUT2D eigenvalue weighted by molar-refractivity contribution is 0.205. The number of hydrogen-bond acceptors (Lipinski definition) is 4. The Morgan fingerprint density at radius 1 is 1.15 bits per heavy atom. The highest BCUT2D eigenvalue weighted by Crippen LogP contribution is 2.31. The van der Waals surface area contributed by atoms with Crippen molar-refractivity contribution in [1.29, 1.82) is 0 Å². The standard InChI is InChI=1S/C21H21BrN2OS/c1-2-24(13-14-25)12-4-3-5-16-6-11-19-20(15-16)26-23-21(19)17-7-9-18(22)10-8-17/h6-11,15,25H,2,4,12-14H2,1H3. The molecular formula is C21H21BrN2OS. The van der Waals surface area contributed by atoms with Crippen LogP contribution in [0.25, 0.3) is 21.3 Å². The highest BCUT2D eigenvalue weighted by Gasteiger charge is 2.08. The van der Waals surface area contributed by atoms with Crippen LogP contribution in [0.2, 0.25) is 0 Å². The van der Waals surface area contributed by atoms with Gasteiger partial charge in [-0.3, -0.25) is 0 Å². The van der Waals surface area contributed by atoms with E-state index in [2.05, 4.69) is 74.3 Å². The Morgan fingerprint density at radius 3 is 2.69 bits per heavy atom. The van der Waals surface area contributed by atoms with E-state index in [1.54, 1.807) is 0 Å². The largest absolute Gasteiger partial charge is 0.395 e. The molecular weight excluding hydrogens is 408 g/mol. The average Bonchev–Trinajstić information content (AvgIpc) is 3.08. The molecule has 26 heavy (non-hydrogen) atoms. The number of benzene rings is 2. The number of halogens is 1. The van der Waals surface area contributed by atoms with E-state index in [4.69, 9.17) is 5.11 Å². The predicted molar refractivity (Wildman–Crippen MR) is 113 cm³/mol. The highest BCUT2D eigenvalue weighted by atomic mass is 79.9. The van der Waals surface area contributed by atoms with Gasteiger partial charge in [0.2, 0.25) is 0 Å². The molecule has 0 unspecified atom stereocenters. The first-order valence-corrected chi connectivity index (χ1v) is 10.3. The lowest BCUT2D eigenvalue weighted by atomic mass is 10.1. The normalized spacial score (nSPS) is 10.9. The van der Waals surface area contributed by atoms with Gasteiger partial charge in [0.05, 0.1) is 17.0 Å². The third kappa shape index (κ3) is 4.72. The average molecular weight is 429 g/mol. The number of aliphatic hydroxyl groups is 1. The molecule has 1 N–H and O–H groups in total. The van der Waals surface area contributed by atoms with E-state index in [1.165, 1.54) is 16.9 Å². The topological polar surface area (TPSA) is 36.4 Å². The van der Waals surface area contributed by atoms with Crippen molar-refractivity contribution in [3.05, 3.63) is 52.5 Å². The van der Waals surface area contributed by atoms with E-state index in [0.29, 0.717) is 6.54 Å². The number of fused-ring (bicyclic) bond motifs is 1. The molecule has 1 heterocycles. The van der Waals surface area contributed by atoms with E-state index >= 15 is 0 Å². The summed E-state index contributed by atoms with van der Waals surface area (Å²) < 4.78 is 6.86. The summed E-state index contributed by atoms with van der Waals surface area (Å²) in [7, 11) is 0. The maximum Gasteiger partial charge on any atom is 0.0919 e. The maximum absolute atomic E-state index is 9.02. The van der Waals surface area contributed by atoms with Crippen molar-refractivity contribution in [2.75, 3.05) is 26.2 Å². The minimum atomic E-state index is 0.198. The summed E-state index contributed by atoms with van der Waals surface area (Å²) in [5.41, 5.74) is 3.18. The molecule has 3 rings (SSSR count). The molecule has 3 nitrogen and oxygen atoms in total. The summed E-state index contributed by atoms with van der Waals surface area (Å²) in [6, 6.07) is 14.5. The number of likely N-dealkylation sites (N-methyl/N-ethyl adjacent to an activating group) is 1. The van der Waals surface area contributed by atoms with Crippen molar-refractivity contribution in [2.24, 2.45) is 0 Å². The Labute approximate surface area is 167 Å². The summed E-state index contributed by atoms with van der Waals surface area (Å²) >= 11 is 4.99. The van der Waals surface area contributed by atoms with E-state index in [1.807, 2.05) is 12.1 Å². The lowest BCUT2D eigenvalue weighted by Gasteiger charge is -2.16. The Balaban J connectivity index is 1.73. The van der Waals surface area contributed by atoms with E-state index in [-0.39, 0.29) is 6.61 Å². The fraction of sp³-hybridized carbons (Fsp3) is 0.286. The van der Waals surface area contributed by atoms with Gasteiger partial charge in [-0.05, 0) is 42.3 Å². The number of nitrogens with zero attached hydrogens (tertiary/aromatic N) is 2. The fourth-order valence-corrected chi connectivity index (χ4v) is 3.88. The van der Waals surface area contributed by atoms with Gasteiger partial charge in [-0.25, -0.2) is 0 Å². The van der Waals surface area contributed by atoms with Crippen molar-refractivity contribution in [3.63, 3.8) is 0 Å². The van der Waals surface area contributed by atoms with Gasteiger partial charge < -0.3 is 10.0 Å². The Hall–Kier alpha value is -1.71. The first kappa shape index (κ1) is 19.1. The van der Waals surface area contributed by atoms with Gasteiger partial charge >= 0.3 is 0 Å². The quantitative estimate of drug-likeness (QED) is 0.573. The van der Waals surface area contributed by atoms with Crippen LogP contribution in [0.5, 0.6) is 0 Å². The second kappa shape index (κ2) is 9.29. The SMILES string of the molecule is CCN(CCO)CCC#Cc1ccc2c(-c3ccc(Br)cc3)nsc2c1. The van der Waals surface area contributed by atoms with Gasteiger partial charge in [-0.2, -0.15) is 4.37 Å². The van der Waals surface area contributed by atoms with Gasteiger partial charge in [0.15, 0.2) is 0 Å². The van der Waals surface area contributed by atoms with Crippen LogP contribution in [0.1, 0.15) is 18.9 Å². The molecule has 5 heteroatoms. The van der Waals surface area contributed by atoms with Crippen LogP contribution in [-0.2, 0) is 0 Å². The fourth-order valence-electron chi connectivity index (χ4n) is 2.78. The van der Waals surface area contributed by atoms with E-state index in [9.17, 15) is 0 Å². The molecule has 0 saturated carbocycles. The summed E-state index contributed by atoms with van der Waals surface area (Å²) in [4.78, 5) is 2.20. The smallest absolute Gasteiger partial charge is 0.0919 e. The molecule has 1 aromatic heterocycles. The summed E-state index contributed by atoms with van der Waals surface area (Å²) in [5, 5.41) is 10.2. The summed E-state index contributed by atoms with van der Waals surface area (Å²) in [6.07, 6.45) is 0.804. The van der Waals surface area contributed by atoms with E-state index < -0.39 is 0 Å². The van der Waals surface area contributed by atoms with Crippen LogP contribution in [0.3, 0.4) is 0 Å². The second-order valence-corrected chi connectivity index (χ2v) is 7.68. The third-order valence-corrected chi connectivity index (χ3v) is 5.58. The summed E-state index contributed by atoms with van der Waals surface area (Å²) in [6.45, 7) is 4.84. The van der Waals surface area contributed by atoms with Gasteiger partial charge in [0.25, 0.3) is 0 Å². The third-order valence-electron chi connectivity index (χ3n) is 4.24. The molecule has 0 aliphatic carbocycles. The van der Waals surface area contributed by atoms with Crippen molar-refractivity contribution in [3.8, 4) is 23.1 Å². The van der Waals surface area contributed by atoms with Crippen LogP contribution in [0.4, 0.5) is 0 Å². The van der Waals surface area contributed by atoms with Crippen LogP contribution in [0.15, 0.2) is 46.9 Å². The predicted octanol–water partition coefficient (Wildman–Crippen LogP) is 4.78. The van der Waals surface area contributed by atoms with Gasteiger partial charge in [0.1, 0.15) is 0 Å². The Kier molecular flexibility index (Phi) is 6.81. The lowest BCUT2D eigenvalue weighted by Crippen LogP contribution is -2.27.